The summed E-state index contributed by atoms with van der Waals surface area (Å²) in [5.74, 6) is 0.579. The van der Waals surface area contributed by atoms with E-state index in [9.17, 15) is 4.79 Å². The molecule has 2 heterocycles. The van der Waals surface area contributed by atoms with E-state index in [1.54, 1.807) is 23.4 Å². The molecule has 3 aromatic rings. The van der Waals surface area contributed by atoms with Gasteiger partial charge < -0.3 is 4.42 Å². The minimum Gasteiger partial charge on any atom is -0.467 e. The van der Waals surface area contributed by atoms with Crippen LogP contribution in [0.15, 0.2) is 92.5 Å². The van der Waals surface area contributed by atoms with Gasteiger partial charge in [0.25, 0.3) is 5.91 Å². The first-order valence-corrected chi connectivity index (χ1v) is 9.98. The van der Waals surface area contributed by atoms with Crippen LogP contribution in [-0.4, -0.2) is 22.2 Å². The number of amides is 1. The number of benzene rings is 2. The molecule has 1 amide bonds. The Kier molecular flexibility index (Phi) is 5.72. The first-order chi connectivity index (χ1) is 14.2. The van der Waals surface area contributed by atoms with Gasteiger partial charge in [0, 0.05) is 0 Å². The predicted octanol–water partition coefficient (Wildman–Crippen LogP) is 5.09. The summed E-state index contributed by atoms with van der Waals surface area (Å²) >= 11 is 1.31. The van der Waals surface area contributed by atoms with E-state index in [1.165, 1.54) is 11.8 Å². The zero-order valence-corrected chi connectivity index (χ0v) is 16.7. The van der Waals surface area contributed by atoms with E-state index in [0.717, 1.165) is 16.7 Å². The Hall–Kier alpha value is -3.38. The standard InChI is InChI=1S/C23H19N3O2S/c1-17-8-5-6-11-19(17)15-24-25-23-26(16-20-12-7-13-28-20)22(27)21(29-23)14-18-9-3-2-4-10-18/h2-15H,16H2,1H3/b21-14-,24-15-,25-23+. The van der Waals surface area contributed by atoms with Crippen molar-refractivity contribution < 1.29 is 9.21 Å². The van der Waals surface area contributed by atoms with Gasteiger partial charge in [0.05, 0.1) is 23.9 Å². The van der Waals surface area contributed by atoms with E-state index in [-0.39, 0.29) is 5.91 Å². The van der Waals surface area contributed by atoms with E-state index >= 15 is 0 Å². The van der Waals surface area contributed by atoms with Crippen LogP contribution < -0.4 is 0 Å². The lowest BCUT2D eigenvalue weighted by Gasteiger charge is -2.12. The lowest BCUT2D eigenvalue weighted by atomic mass is 10.1. The molecule has 1 fully saturated rings. The largest absolute Gasteiger partial charge is 0.467 e. The molecule has 5 nitrogen and oxygen atoms in total. The summed E-state index contributed by atoms with van der Waals surface area (Å²) in [6, 6.07) is 21.3. The van der Waals surface area contributed by atoms with Crippen molar-refractivity contribution in [2.24, 2.45) is 10.2 Å². The van der Waals surface area contributed by atoms with Gasteiger partial charge in [0.15, 0.2) is 5.17 Å². The fourth-order valence-electron chi connectivity index (χ4n) is 2.85. The summed E-state index contributed by atoms with van der Waals surface area (Å²) < 4.78 is 5.42. The number of furan rings is 1. The number of hydrogen-bond acceptors (Lipinski definition) is 5. The molecular weight excluding hydrogens is 382 g/mol. The van der Waals surface area contributed by atoms with Crippen LogP contribution in [0, 0.1) is 6.92 Å². The van der Waals surface area contributed by atoms with Crippen molar-refractivity contribution in [2.45, 2.75) is 13.5 Å². The second-order valence-electron chi connectivity index (χ2n) is 6.48. The molecule has 1 aliphatic rings. The number of hydrogen-bond donors (Lipinski definition) is 0. The van der Waals surface area contributed by atoms with Gasteiger partial charge in [-0.25, -0.2) is 0 Å². The van der Waals surface area contributed by atoms with Crippen LogP contribution in [-0.2, 0) is 11.3 Å². The zero-order chi connectivity index (χ0) is 20.1. The SMILES string of the molecule is Cc1ccccc1/C=N\N=C1\S/C(=C\c2ccccc2)C(=O)N1Cc1ccco1. The van der Waals surface area contributed by atoms with Gasteiger partial charge in [-0.05, 0) is 53.6 Å². The molecule has 1 aliphatic heterocycles. The Bertz CT molecular complexity index is 1090. The van der Waals surface area contributed by atoms with Crippen molar-refractivity contribution in [3.05, 3.63) is 100 Å². The number of carbonyl (C=O) groups is 1. The highest BCUT2D eigenvalue weighted by molar-refractivity contribution is 8.18. The van der Waals surface area contributed by atoms with Crippen LogP contribution in [0.5, 0.6) is 0 Å². The van der Waals surface area contributed by atoms with Crippen molar-refractivity contribution in [3.63, 3.8) is 0 Å². The Morgan fingerprint density at radius 2 is 1.83 bits per heavy atom. The molecule has 144 valence electrons. The highest BCUT2D eigenvalue weighted by atomic mass is 32.2. The Balaban J connectivity index is 1.63. The first-order valence-electron chi connectivity index (χ1n) is 9.16. The smallest absolute Gasteiger partial charge is 0.267 e. The number of aryl methyl sites for hydroxylation is 1. The van der Waals surface area contributed by atoms with Gasteiger partial charge >= 0.3 is 0 Å². The average Bonchev–Trinajstić information content (AvgIpc) is 3.35. The molecule has 0 saturated carbocycles. The Labute approximate surface area is 173 Å². The molecular formula is C23H19N3O2S. The number of amidine groups is 1. The molecule has 2 aromatic carbocycles. The molecule has 0 spiro atoms. The summed E-state index contributed by atoms with van der Waals surface area (Å²) in [7, 11) is 0. The van der Waals surface area contributed by atoms with E-state index in [4.69, 9.17) is 4.42 Å². The molecule has 0 bridgehead atoms. The summed E-state index contributed by atoms with van der Waals surface area (Å²) in [6.45, 7) is 2.33. The number of thioether (sulfide) groups is 1. The van der Waals surface area contributed by atoms with Crippen molar-refractivity contribution in [3.8, 4) is 0 Å². The van der Waals surface area contributed by atoms with Crippen molar-refractivity contribution >= 4 is 35.1 Å². The summed E-state index contributed by atoms with van der Waals surface area (Å²) in [5.41, 5.74) is 3.07. The molecule has 0 radical (unpaired) electrons. The van der Waals surface area contributed by atoms with E-state index < -0.39 is 0 Å². The minimum absolute atomic E-state index is 0.111. The predicted molar refractivity (Wildman–Crippen MR) is 117 cm³/mol. The molecule has 29 heavy (non-hydrogen) atoms. The topological polar surface area (TPSA) is 58.2 Å². The Morgan fingerprint density at radius 1 is 1.03 bits per heavy atom. The van der Waals surface area contributed by atoms with Crippen LogP contribution in [0.1, 0.15) is 22.5 Å². The fourth-order valence-corrected chi connectivity index (χ4v) is 3.79. The van der Waals surface area contributed by atoms with Gasteiger partial charge in [0.2, 0.25) is 0 Å². The van der Waals surface area contributed by atoms with Crippen molar-refractivity contribution in [1.82, 2.24) is 4.90 Å². The maximum absolute atomic E-state index is 13.0. The third-order valence-corrected chi connectivity index (χ3v) is 5.41. The molecule has 6 heteroatoms. The molecule has 0 unspecified atom stereocenters. The minimum atomic E-state index is -0.111. The van der Waals surface area contributed by atoms with E-state index in [1.807, 2.05) is 73.7 Å². The summed E-state index contributed by atoms with van der Waals surface area (Å²) in [6.07, 6.45) is 5.17. The fraction of sp³-hybridized carbons (Fsp3) is 0.0870. The maximum Gasteiger partial charge on any atom is 0.267 e. The molecule has 1 saturated heterocycles. The van der Waals surface area contributed by atoms with Crippen molar-refractivity contribution in [1.29, 1.82) is 0 Å². The Morgan fingerprint density at radius 3 is 2.59 bits per heavy atom. The first kappa shape index (κ1) is 19.0. The van der Waals surface area contributed by atoms with Gasteiger partial charge in [-0.15, -0.1) is 5.10 Å². The normalized spacial score (nSPS) is 17.1. The van der Waals surface area contributed by atoms with Crippen LogP contribution >= 0.6 is 11.8 Å². The second-order valence-corrected chi connectivity index (χ2v) is 7.48. The van der Waals surface area contributed by atoms with Gasteiger partial charge in [-0.1, -0.05) is 54.6 Å². The lowest BCUT2D eigenvalue weighted by molar-refractivity contribution is -0.122. The molecule has 4 rings (SSSR count). The van der Waals surface area contributed by atoms with Crippen LogP contribution in [0.25, 0.3) is 6.08 Å². The monoisotopic (exact) mass is 401 g/mol. The second kappa shape index (κ2) is 8.75. The molecule has 0 N–H and O–H groups in total. The third kappa shape index (κ3) is 4.55. The van der Waals surface area contributed by atoms with Crippen molar-refractivity contribution in [2.75, 3.05) is 0 Å². The summed E-state index contributed by atoms with van der Waals surface area (Å²) in [4.78, 5) is 15.2. The molecule has 0 aliphatic carbocycles. The lowest BCUT2D eigenvalue weighted by Crippen LogP contribution is -2.28. The number of carbonyl (C=O) groups excluding carboxylic acids is 1. The van der Waals surface area contributed by atoms with E-state index in [2.05, 4.69) is 10.2 Å². The van der Waals surface area contributed by atoms with E-state index in [0.29, 0.717) is 22.4 Å². The third-order valence-electron chi connectivity index (χ3n) is 4.41. The molecule has 1 aromatic heterocycles. The van der Waals surface area contributed by atoms with Crippen LogP contribution in [0.2, 0.25) is 0 Å². The zero-order valence-electron chi connectivity index (χ0n) is 15.9. The number of nitrogens with zero attached hydrogens (tertiary/aromatic N) is 3. The number of rotatable bonds is 5. The van der Waals surface area contributed by atoms with Crippen LogP contribution in [0.3, 0.4) is 0 Å². The van der Waals surface area contributed by atoms with Gasteiger partial charge in [-0.2, -0.15) is 5.10 Å². The van der Waals surface area contributed by atoms with Crippen LogP contribution in [0.4, 0.5) is 0 Å². The highest BCUT2D eigenvalue weighted by Crippen LogP contribution is 2.33. The highest BCUT2D eigenvalue weighted by Gasteiger charge is 2.34. The van der Waals surface area contributed by atoms with Gasteiger partial charge in [0.1, 0.15) is 5.76 Å². The average molecular weight is 401 g/mol. The van der Waals surface area contributed by atoms with Gasteiger partial charge in [-0.3, -0.25) is 9.69 Å². The summed E-state index contributed by atoms with van der Waals surface area (Å²) in [5, 5.41) is 9.09. The maximum atomic E-state index is 13.0. The molecule has 0 atom stereocenters. The quantitative estimate of drug-likeness (QED) is 0.340.